The fourth-order valence-corrected chi connectivity index (χ4v) is 2.07. The van der Waals surface area contributed by atoms with Crippen molar-refractivity contribution >= 4 is 23.4 Å². The minimum absolute atomic E-state index is 0.660. The topological polar surface area (TPSA) is 23.8 Å². The van der Waals surface area contributed by atoms with Gasteiger partial charge in [0.15, 0.2) is 0 Å². The Hall–Kier alpha value is -0.650. The third kappa shape index (κ3) is 4.55. The molecule has 0 amide bonds. The van der Waals surface area contributed by atoms with E-state index in [0.29, 0.717) is 6.42 Å². The SMILES string of the molecule is N#CCCCSCc1ccc(Cl)cc1. The predicted octanol–water partition coefficient (Wildman–Crippen LogP) is 3.88. The molecule has 0 N–H and O–H groups in total. The second kappa shape index (κ2) is 6.75. The van der Waals surface area contributed by atoms with Crippen molar-refractivity contribution in [3.05, 3.63) is 34.9 Å². The fraction of sp³-hybridized carbons (Fsp3) is 0.364. The number of nitriles is 1. The zero-order valence-electron chi connectivity index (χ0n) is 7.87. The average molecular weight is 226 g/mol. The van der Waals surface area contributed by atoms with E-state index >= 15 is 0 Å². The molecule has 14 heavy (non-hydrogen) atoms. The standard InChI is InChI=1S/C11H12ClNS/c12-11-5-3-10(4-6-11)9-14-8-2-1-7-13/h3-6H,1-2,8-9H2. The molecule has 0 aliphatic carbocycles. The third-order valence-corrected chi connectivity index (χ3v) is 3.13. The van der Waals surface area contributed by atoms with Crippen molar-refractivity contribution in [3.63, 3.8) is 0 Å². The van der Waals surface area contributed by atoms with Crippen molar-refractivity contribution in [3.8, 4) is 6.07 Å². The first-order valence-corrected chi connectivity index (χ1v) is 6.05. The Labute approximate surface area is 94.1 Å². The molecule has 0 saturated heterocycles. The molecule has 1 rings (SSSR count). The molecule has 0 aliphatic rings. The Bertz CT molecular complexity index is 302. The molecule has 1 aromatic carbocycles. The van der Waals surface area contributed by atoms with Crippen molar-refractivity contribution in [1.82, 2.24) is 0 Å². The molecule has 1 nitrogen and oxygen atoms in total. The van der Waals surface area contributed by atoms with Crippen molar-refractivity contribution in [2.45, 2.75) is 18.6 Å². The Kier molecular flexibility index (Phi) is 5.51. The summed E-state index contributed by atoms with van der Waals surface area (Å²) in [5, 5.41) is 9.12. The molecule has 0 atom stereocenters. The molecule has 0 unspecified atom stereocenters. The van der Waals surface area contributed by atoms with Crippen molar-refractivity contribution < 1.29 is 0 Å². The number of rotatable bonds is 5. The molecule has 0 saturated carbocycles. The Morgan fingerprint density at radius 1 is 1.29 bits per heavy atom. The van der Waals surface area contributed by atoms with Gasteiger partial charge in [-0.25, -0.2) is 0 Å². The van der Waals surface area contributed by atoms with Gasteiger partial charge in [-0.05, 0) is 29.9 Å². The van der Waals surface area contributed by atoms with E-state index in [2.05, 4.69) is 6.07 Å². The monoisotopic (exact) mass is 225 g/mol. The van der Waals surface area contributed by atoms with Gasteiger partial charge in [-0.1, -0.05) is 23.7 Å². The molecule has 0 aliphatic heterocycles. The van der Waals surface area contributed by atoms with Gasteiger partial charge in [0.25, 0.3) is 0 Å². The van der Waals surface area contributed by atoms with E-state index in [-0.39, 0.29) is 0 Å². The lowest BCUT2D eigenvalue weighted by atomic mass is 10.2. The maximum absolute atomic E-state index is 8.34. The number of halogens is 1. The highest BCUT2D eigenvalue weighted by Gasteiger charge is 1.93. The van der Waals surface area contributed by atoms with Crippen molar-refractivity contribution in [1.29, 1.82) is 5.26 Å². The first-order chi connectivity index (χ1) is 6.83. The van der Waals surface area contributed by atoms with Crippen LogP contribution in [0.5, 0.6) is 0 Å². The summed E-state index contributed by atoms with van der Waals surface area (Å²) < 4.78 is 0. The first-order valence-electron chi connectivity index (χ1n) is 4.52. The van der Waals surface area contributed by atoms with Crippen LogP contribution in [0.3, 0.4) is 0 Å². The van der Waals surface area contributed by atoms with Crippen molar-refractivity contribution in [2.75, 3.05) is 5.75 Å². The van der Waals surface area contributed by atoms with Crippen LogP contribution >= 0.6 is 23.4 Å². The number of thioether (sulfide) groups is 1. The van der Waals surface area contributed by atoms with Crippen molar-refractivity contribution in [2.24, 2.45) is 0 Å². The number of unbranched alkanes of at least 4 members (excludes halogenated alkanes) is 1. The van der Waals surface area contributed by atoms with E-state index in [1.54, 1.807) is 0 Å². The van der Waals surface area contributed by atoms with Gasteiger partial charge in [0.1, 0.15) is 0 Å². The molecule has 0 aromatic heterocycles. The van der Waals surface area contributed by atoms with Crippen LogP contribution in [0.25, 0.3) is 0 Å². The smallest absolute Gasteiger partial charge is 0.0622 e. The largest absolute Gasteiger partial charge is 0.198 e. The Balaban J connectivity index is 2.19. The minimum Gasteiger partial charge on any atom is -0.198 e. The number of benzene rings is 1. The Morgan fingerprint density at radius 3 is 2.64 bits per heavy atom. The summed E-state index contributed by atoms with van der Waals surface area (Å²) in [6, 6.07) is 10.0. The highest BCUT2D eigenvalue weighted by molar-refractivity contribution is 7.98. The number of nitrogens with zero attached hydrogens (tertiary/aromatic N) is 1. The molecule has 0 bridgehead atoms. The summed E-state index contributed by atoms with van der Waals surface area (Å²) in [5.74, 6) is 2.05. The van der Waals surface area contributed by atoms with Gasteiger partial charge in [0, 0.05) is 17.2 Å². The zero-order valence-corrected chi connectivity index (χ0v) is 9.44. The lowest BCUT2D eigenvalue weighted by Gasteiger charge is -2.00. The van der Waals surface area contributed by atoms with Gasteiger partial charge in [-0.2, -0.15) is 17.0 Å². The highest BCUT2D eigenvalue weighted by Crippen LogP contribution is 2.16. The van der Waals surface area contributed by atoms with Crippen LogP contribution in [-0.4, -0.2) is 5.75 Å². The molecule has 74 valence electrons. The lowest BCUT2D eigenvalue weighted by Crippen LogP contribution is -1.83. The average Bonchev–Trinajstić information content (AvgIpc) is 2.21. The predicted molar refractivity (Wildman–Crippen MR) is 62.5 cm³/mol. The molecule has 1 aromatic rings. The molecule has 0 radical (unpaired) electrons. The number of hydrogen-bond donors (Lipinski definition) is 0. The van der Waals surface area contributed by atoms with Crippen LogP contribution in [0.4, 0.5) is 0 Å². The molecule has 0 spiro atoms. The lowest BCUT2D eigenvalue weighted by molar-refractivity contribution is 0.981. The van der Waals surface area contributed by atoms with E-state index in [4.69, 9.17) is 16.9 Å². The number of hydrogen-bond acceptors (Lipinski definition) is 2. The van der Waals surface area contributed by atoms with E-state index in [1.165, 1.54) is 5.56 Å². The molecule has 0 fully saturated rings. The molecular weight excluding hydrogens is 214 g/mol. The van der Waals surface area contributed by atoms with Gasteiger partial charge in [0.05, 0.1) is 6.07 Å². The maximum atomic E-state index is 8.34. The second-order valence-electron chi connectivity index (χ2n) is 2.94. The van der Waals surface area contributed by atoms with Crippen LogP contribution < -0.4 is 0 Å². The Morgan fingerprint density at radius 2 is 2.00 bits per heavy atom. The van der Waals surface area contributed by atoms with Gasteiger partial charge >= 0.3 is 0 Å². The van der Waals surface area contributed by atoms with Crippen LogP contribution in [0, 0.1) is 11.3 Å². The van der Waals surface area contributed by atoms with Crippen LogP contribution in [0.2, 0.25) is 5.02 Å². The second-order valence-corrected chi connectivity index (χ2v) is 4.48. The van der Waals surface area contributed by atoms with Crippen LogP contribution in [-0.2, 0) is 5.75 Å². The summed E-state index contributed by atoms with van der Waals surface area (Å²) in [6.45, 7) is 0. The summed E-state index contributed by atoms with van der Waals surface area (Å²) in [4.78, 5) is 0. The first kappa shape index (κ1) is 11.4. The van der Waals surface area contributed by atoms with Gasteiger partial charge in [-0.3, -0.25) is 0 Å². The minimum atomic E-state index is 0.660. The third-order valence-electron chi connectivity index (χ3n) is 1.76. The van der Waals surface area contributed by atoms with Gasteiger partial charge in [0.2, 0.25) is 0 Å². The highest BCUT2D eigenvalue weighted by atomic mass is 35.5. The summed E-state index contributed by atoms with van der Waals surface area (Å²) in [6.07, 6.45) is 1.64. The maximum Gasteiger partial charge on any atom is 0.0622 e. The normalized spacial score (nSPS) is 9.71. The summed E-state index contributed by atoms with van der Waals surface area (Å²) in [5.41, 5.74) is 1.29. The summed E-state index contributed by atoms with van der Waals surface area (Å²) in [7, 11) is 0. The zero-order chi connectivity index (χ0) is 10.2. The fourth-order valence-electron chi connectivity index (χ4n) is 1.02. The van der Waals surface area contributed by atoms with E-state index in [0.717, 1.165) is 22.9 Å². The molecule has 3 heteroatoms. The van der Waals surface area contributed by atoms with E-state index in [1.807, 2.05) is 36.0 Å². The van der Waals surface area contributed by atoms with E-state index < -0.39 is 0 Å². The van der Waals surface area contributed by atoms with Gasteiger partial charge < -0.3 is 0 Å². The van der Waals surface area contributed by atoms with Crippen LogP contribution in [0.1, 0.15) is 18.4 Å². The quantitative estimate of drug-likeness (QED) is 0.711. The molecular formula is C11H12ClNS. The van der Waals surface area contributed by atoms with Gasteiger partial charge in [-0.15, -0.1) is 0 Å². The van der Waals surface area contributed by atoms with E-state index in [9.17, 15) is 0 Å². The summed E-state index contributed by atoms with van der Waals surface area (Å²) >= 11 is 7.63. The molecule has 0 heterocycles. The van der Waals surface area contributed by atoms with Crippen LogP contribution in [0.15, 0.2) is 24.3 Å².